The molecule has 2 aromatic rings. The molecule has 42 heavy (non-hydrogen) atoms. The highest BCUT2D eigenvalue weighted by Crippen LogP contribution is 2.41. The number of methoxy groups -OCH3 is 2. The van der Waals surface area contributed by atoms with Crippen LogP contribution in [0.4, 0.5) is 4.79 Å². The number of rotatable bonds is 11. The van der Waals surface area contributed by atoms with Crippen LogP contribution in [0, 0.1) is 0 Å². The van der Waals surface area contributed by atoms with Crippen LogP contribution in [0.3, 0.4) is 0 Å². The van der Waals surface area contributed by atoms with E-state index >= 15 is 0 Å². The average molecular weight is 602 g/mol. The predicted molar refractivity (Wildman–Crippen MR) is 163 cm³/mol. The fourth-order valence-electron chi connectivity index (χ4n) is 4.70. The quantitative estimate of drug-likeness (QED) is 0.388. The van der Waals surface area contributed by atoms with Crippen LogP contribution in [0.2, 0.25) is 0 Å². The Labute approximate surface area is 253 Å². The maximum atomic E-state index is 12.9. The van der Waals surface area contributed by atoms with E-state index in [1.807, 2.05) is 76.3 Å². The number of nitrogens with one attached hydrogen (secondary N) is 1. The Balaban J connectivity index is 1.60. The largest absolute Gasteiger partial charge is 0.497 e. The summed E-state index contributed by atoms with van der Waals surface area (Å²) in [4.78, 5) is 19.2. The summed E-state index contributed by atoms with van der Waals surface area (Å²) in [5.74, 6) is 1.57. The molecule has 0 aliphatic carbocycles. The number of amides is 1. The number of ether oxygens (including phenoxy) is 6. The Morgan fingerprint density at radius 3 is 2.00 bits per heavy atom. The number of carbonyl (C=O) groups excluding carboxylic acids is 1. The molecule has 4 rings (SSSR count). The van der Waals surface area contributed by atoms with Gasteiger partial charge in [0.1, 0.15) is 40.8 Å². The smallest absolute Gasteiger partial charge is 0.416 e. The van der Waals surface area contributed by atoms with E-state index in [9.17, 15) is 4.79 Å². The molecule has 230 valence electrons. The number of aliphatic imine (C=N–C) groups is 1. The minimum atomic E-state index is -0.624. The third-order valence-corrected chi connectivity index (χ3v) is 8.14. The minimum absolute atomic E-state index is 0.258. The molecule has 1 saturated heterocycles. The molecule has 0 unspecified atom stereocenters. The van der Waals surface area contributed by atoms with Gasteiger partial charge >= 0.3 is 6.09 Å². The van der Waals surface area contributed by atoms with Crippen molar-refractivity contribution in [3.05, 3.63) is 59.7 Å². The standard InChI is InChI=1S/C31H43N3O7S/c1-31(2,3)41-30(35)34(5)29-33-25-27(39-19-21-10-14-23(37-7)15-11-21)26(24(16-17-32-4)40-28(25)42-29)38-18-20-8-12-22(36-6)13-9-20/h8-15,24-28,32H,16-19H2,1-7H3/t24-,25-,26-,27-,28-/m1/s1. The van der Waals surface area contributed by atoms with Crippen molar-refractivity contribution < 1.29 is 33.2 Å². The SMILES string of the molecule is CNCC[C@H]1O[C@@H]2SC(N(C)C(=O)OC(C)(C)C)=N[C@@H]2[C@@H](OCc2ccc(OC)cc2)[C@@H]1OCc1ccc(OC)cc1. The molecule has 11 heteroatoms. The van der Waals surface area contributed by atoms with Crippen LogP contribution in [0.15, 0.2) is 53.5 Å². The molecule has 1 amide bonds. The summed E-state index contributed by atoms with van der Waals surface area (Å²) in [7, 11) is 6.87. The van der Waals surface area contributed by atoms with Crippen LogP contribution in [0.5, 0.6) is 11.5 Å². The van der Waals surface area contributed by atoms with Crippen molar-refractivity contribution in [2.45, 2.75) is 75.8 Å². The summed E-state index contributed by atoms with van der Waals surface area (Å²) in [6, 6.07) is 15.2. The highest BCUT2D eigenvalue weighted by Gasteiger charge is 2.51. The van der Waals surface area contributed by atoms with Crippen LogP contribution in [-0.4, -0.2) is 86.4 Å². The number of nitrogens with zero attached hydrogens (tertiary/aromatic N) is 2. The third kappa shape index (κ3) is 8.38. The lowest BCUT2D eigenvalue weighted by Crippen LogP contribution is -2.57. The highest BCUT2D eigenvalue weighted by atomic mass is 32.2. The number of fused-ring (bicyclic) bond motifs is 1. The molecule has 0 bridgehead atoms. The van der Waals surface area contributed by atoms with Crippen molar-refractivity contribution in [3.63, 3.8) is 0 Å². The van der Waals surface area contributed by atoms with Gasteiger partial charge < -0.3 is 33.7 Å². The lowest BCUT2D eigenvalue weighted by Gasteiger charge is -2.43. The molecular formula is C31H43N3O7S. The number of thioether (sulfide) groups is 1. The van der Waals surface area contributed by atoms with Crippen molar-refractivity contribution in [3.8, 4) is 11.5 Å². The topological polar surface area (TPSA) is 100 Å². The van der Waals surface area contributed by atoms with Gasteiger partial charge in [-0.1, -0.05) is 36.0 Å². The van der Waals surface area contributed by atoms with E-state index in [1.54, 1.807) is 21.3 Å². The second-order valence-corrected chi connectivity index (χ2v) is 12.3. The fourth-order valence-corrected chi connectivity index (χ4v) is 5.88. The van der Waals surface area contributed by atoms with Crippen molar-refractivity contribution in [2.24, 2.45) is 4.99 Å². The minimum Gasteiger partial charge on any atom is -0.497 e. The van der Waals surface area contributed by atoms with Gasteiger partial charge in [0, 0.05) is 7.05 Å². The van der Waals surface area contributed by atoms with Crippen LogP contribution >= 0.6 is 11.8 Å². The first-order valence-electron chi connectivity index (χ1n) is 14.1. The first kappa shape index (κ1) is 32.1. The van der Waals surface area contributed by atoms with Gasteiger partial charge in [0.15, 0.2) is 5.17 Å². The molecule has 2 aliphatic heterocycles. The molecule has 0 aromatic heterocycles. The van der Waals surface area contributed by atoms with Gasteiger partial charge in [-0.2, -0.15) is 0 Å². The Hall–Kier alpha value is -2.83. The first-order chi connectivity index (χ1) is 20.1. The predicted octanol–water partition coefficient (Wildman–Crippen LogP) is 4.85. The van der Waals surface area contributed by atoms with Crippen molar-refractivity contribution in [1.29, 1.82) is 0 Å². The lowest BCUT2D eigenvalue weighted by molar-refractivity contribution is -0.198. The Morgan fingerprint density at radius 2 is 1.50 bits per heavy atom. The van der Waals surface area contributed by atoms with Gasteiger partial charge in [-0.15, -0.1) is 0 Å². The molecule has 2 heterocycles. The number of amidine groups is 1. The maximum Gasteiger partial charge on any atom is 0.416 e. The van der Waals surface area contributed by atoms with Crippen LogP contribution in [-0.2, 0) is 32.2 Å². The molecule has 0 saturated carbocycles. The lowest BCUT2D eigenvalue weighted by atomic mass is 9.95. The number of hydrogen-bond acceptors (Lipinski definition) is 10. The highest BCUT2D eigenvalue weighted by molar-refractivity contribution is 8.14. The van der Waals surface area contributed by atoms with Gasteiger partial charge in [0.2, 0.25) is 0 Å². The van der Waals surface area contributed by atoms with E-state index in [-0.39, 0.29) is 17.6 Å². The van der Waals surface area contributed by atoms with E-state index in [1.165, 1.54) is 16.7 Å². The molecule has 2 aromatic carbocycles. The van der Waals surface area contributed by atoms with Gasteiger partial charge in [0.05, 0.1) is 33.5 Å². The summed E-state index contributed by atoms with van der Waals surface area (Å²) in [5.41, 5.74) is 1.05. The van der Waals surface area contributed by atoms with Crippen LogP contribution < -0.4 is 14.8 Å². The molecule has 0 spiro atoms. The van der Waals surface area contributed by atoms with E-state index in [0.29, 0.717) is 24.8 Å². The van der Waals surface area contributed by atoms with E-state index in [4.69, 9.17) is 33.4 Å². The number of carbonyl (C=O) groups is 1. The Morgan fingerprint density at radius 1 is 0.952 bits per heavy atom. The second-order valence-electron chi connectivity index (χ2n) is 11.2. The number of hydrogen-bond donors (Lipinski definition) is 1. The Kier molecular flexibility index (Phi) is 11.1. The molecular weight excluding hydrogens is 558 g/mol. The van der Waals surface area contributed by atoms with E-state index in [0.717, 1.165) is 29.2 Å². The molecule has 0 radical (unpaired) electrons. The van der Waals surface area contributed by atoms with Crippen LogP contribution in [0.25, 0.3) is 0 Å². The fraction of sp³-hybridized carbons (Fsp3) is 0.548. The van der Waals surface area contributed by atoms with Gasteiger partial charge in [-0.05, 0) is 76.2 Å². The normalized spacial score (nSPS) is 23.6. The van der Waals surface area contributed by atoms with Gasteiger partial charge in [-0.25, -0.2) is 4.79 Å². The van der Waals surface area contributed by atoms with Crippen molar-refractivity contribution in [2.75, 3.05) is 34.9 Å². The number of benzene rings is 2. The average Bonchev–Trinajstić information content (AvgIpc) is 3.41. The molecule has 5 atom stereocenters. The Bertz CT molecular complexity index is 1190. The summed E-state index contributed by atoms with van der Waals surface area (Å²) >= 11 is 1.41. The van der Waals surface area contributed by atoms with Gasteiger partial charge in [0.25, 0.3) is 0 Å². The molecule has 10 nitrogen and oxygen atoms in total. The van der Waals surface area contributed by atoms with Gasteiger partial charge in [-0.3, -0.25) is 9.89 Å². The summed E-state index contributed by atoms with van der Waals surface area (Å²) in [6.07, 6.45) is -0.847. The second kappa shape index (κ2) is 14.6. The van der Waals surface area contributed by atoms with Crippen molar-refractivity contribution >= 4 is 23.0 Å². The summed E-state index contributed by atoms with van der Waals surface area (Å²) < 4.78 is 36.0. The first-order valence-corrected chi connectivity index (χ1v) is 15.0. The van der Waals surface area contributed by atoms with E-state index < -0.39 is 23.9 Å². The summed E-state index contributed by atoms with van der Waals surface area (Å²) in [6.45, 7) is 6.99. The molecule has 2 aliphatic rings. The third-order valence-electron chi connectivity index (χ3n) is 6.93. The zero-order chi connectivity index (χ0) is 30.3. The zero-order valence-corrected chi connectivity index (χ0v) is 26.3. The van der Waals surface area contributed by atoms with Crippen molar-refractivity contribution in [1.82, 2.24) is 10.2 Å². The maximum absolute atomic E-state index is 12.9. The molecule has 1 N–H and O–H groups in total. The zero-order valence-electron chi connectivity index (χ0n) is 25.5. The van der Waals surface area contributed by atoms with Crippen LogP contribution in [0.1, 0.15) is 38.3 Å². The summed E-state index contributed by atoms with van der Waals surface area (Å²) in [5, 5.41) is 3.75. The monoisotopic (exact) mass is 601 g/mol. The van der Waals surface area contributed by atoms with E-state index in [2.05, 4.69) is 5.32 Å². The molecule has 1 fully saturated rings.